The molecule has 4 heteroatoms. The third kappa shape index (κ3) is 2.05. The first-order valence-corrected chi connectivity index (χ1v) is 5.47. The van der Waals surface area contributed by atoms with E-state index in [4.69, 9.17) is 15.2 Å². The Balaban J connectivity index is 2.63. The largest absolute Gasteiger partial charge is 0.507 e. The molecule has 0 unspecified atom stereocenters. The highest BCUT2D eigenvalue weighted by molar-refractivity contribution is 5.79. The zero-order chi connectivity index (χ0) is 13.1. The summed E-state index contributed by atoms with van der Waals surface area (Å²) in [6.07, 6.45) is 0. The number of ether oxygens (including phenoxy) is 2. The van der Waals surface area contributed by atoms with Gasteiger partial charge in [0.1, 0.15) is 5.75 Å². The Bertz CT molecular complexity index is 567. The minimum absolute atomic E-state index is 0.113. The van der Waals surface area contributed by atoms with Crippen LogP contribution < -0.4 is 15.2 Å². The number of anilines is 1. The molecule has 94 valence electrons. The van der Waals surface area contributed by atoms with Crippen LogP contribution in [0.3, 0.4) is 0 Å². The third-order valence-electron chi connectivity index (χ3n) is 2.71. The van der Waals surface area contributed by atoms with Crippen LogP contribution in [0.2, 0.25) is 0 Å². The van der Waals surface area contributed by atoms with Crippen molar-refractivity contribution >= 4 is 5.69 Å². The summed E-state index contributed by atoms with van der Waals surface area (Å²) in [6.45, 7) is 0. The van der Waals surface area contributed by atoms with Crippen molar-refractivity contribution in [3.8, 4) is 28.4 Å². The number of hydrogen-bond donors (Lipinski definition) is 2. The van der Waals surface area contributed by atoms with Crippen molar-refractivity contribution in [1.29, 1.82) is 0 Å². The van der Waals surface area contributed by atoms with Crippen LogP contribution in [0.1, 0.15) is 0 Å². The van der Waals surface area contributed by atoms with Gasteiger partial charge in [-0.25, -0.2) is 0 Å². The molecule has 0 aromatic heterocycles. The van der Waals surface area contributed by atoms with Crippen LogP contribution in [0.5, 0.6) is 17.2 Å². The lowest BCUT2D eigenvalue weighted by Crippen LogP contribution is -1.93. The van der Waals surface area contributed by atoms with Gasteiger partial charge in [0.25, 0.3) is 0 Å². The average molecular weight is 245 g/mol. The Morgan fingerprint density at radius 2 is 1.78 bits per heavy atom. The summed E-state index contributed by atoms with van der Waals surface area (Å²) in [5.41, 5.74) is 7.54. The monoisotopic (exact) mass is 245 g/mol. The first-order valence-electron chi connectivity index (χ1n) is 5.47. The molecule has 2 rings (SSSR count). The van der Waals surface area contributed by atoms with E-state index in [-0.39, 0.29) is 5.75 Å². The lowest BCUT2D eigenvalue weighted by Gasteiger charge is -2.13. The molecule has 0 saturated carbocycles. The van der Waals surface area contributed by atoms with Crippen molar-refractivity contribution in [2.24, 2.45) is 0 Å². The van der Waals surface area contributed by atoms with Crippen LogP contribution in [0.4, 0.5) is 5.69 Å². The molecule has 0 aliphatic rings. The molecule has 0 saturated heterocycles. The molecule has 0 aliphatic heterocycles. The maximum absolute atomic E-state index is 9.95. The van der Waals surface area contributed by atoms with Gasteiger partial charge in [-0.05, 0) is 18.2 Å². The fraction of sp³-hybridized carbons (Fsp3) is 0.143. The van der Waals surface area contributed by atoms with Crippen LogP contribution >= 0.6 is 0 Å². The van der Waals surface area contributed by atoms with Crippen molar-refractivity contribution in [2.75, 3.05) is 20.0 Å². The predicted molar refractivity (Wildman–Crippen MR) is 71.1 cm³/mol. The van der Waals surface area contributed by atoms with E-state index in [0.29, 0.717) is 22.7 Å². The van der Waals surface area contributed by atoms with Crippen molar-refractivity contribution in [3.05, 3.63) is 36.4 Å². The molecule has 0 fully saturated rings. The summed E-state index contributed by atoms with van der Waals surface area (Å²) < 4.78 is 10.6. The molecule has 0 atom stereocenters. The molecule has 2 aromatic carbocycles. The van der Waals surface area contributed by atoms with Gasteiger partial charge < -0.3 is 20.3 Å². The van der Waals surface area contributed by atoms with Gasteiger partial charge in [-0.15, -0.1) is 0 Å². The smallest absolute Gasteiger partial charge is 0.168 e. The van der Waals surface area contributed by atoms with E-state index in [1.165, 1.54) is 6.07 Å². The number of phenols is 1. The van der Waals surface area contributed by atoms with E-state index >= 15 is 0 Å². The molecule has 0 bridgehead atoms. The van der Waals surface area contributed by atoms with Gasteiger partial charge in [0.05, 0.1) is 14.2 Å². The maximum Gasteiger partial charge on any atom is 0.168 e. The van der Waals surface area contributed by atoms with Crippen LogP contribution in [0.15, 0.2) is 36.4 Å². The number of rotatable bonds is 3. The summed E-state index contributed by atoms with van der Waals surface area (Å²) in [5.74, 6) is 1.31. The summed E-state index contributed by atoms with van der Waals surface area (Å²) in [5, 5.41) is 9.95. The highest BCUT2D eigenvalue weighted by Gasteiger charge is 2.14. The lowest BCUT2D eigenvalue weighted by atomic mass is 10.0. The van der Waals surface area contributed by atoms with Gasteiger partial charge in [0.15, 0.2) is 11.5 Å². The van der Waals surface area contributed by atoms with E-state index < -0.39 is 0 Å². The number of methoxy groups -OCH3 is 2. The zero-order valence-corrected chi connectivity index (χ0v) is 10.3. The molecule has 4 nitrogen and oxygen atoms in total. The highest BCUT2D eigenvalue weighted by Crippen LogP contribution is 2.41. The van der Waals surface area contributed by atoms with E-state index in [1.807, 2.05) is 12.1 Å². The number of phenolic OH excluding ortho intramolecular Hbond substituents is 1. The van der Waals surface area contributed by atoms with Crippen LogP contribution in [0, 0.1) is 0 Å². The molecule has 3 N–H and O–H groups in total. The molecule has 0 amide bonds. The quantitative estimate of drug-likeness (QED) is 0.816. The van der Waals surface area contributed by atoms with Gasteiger partial charge in [-0.1, -0.05) is 12.1 Å². The molecule has 18 heavy (non-hydrogen) atoms. The number of nitrogen functional groups attached to an aromatic ring is 1. The topological polar surface area (TPSA) is 64.7 Å². The number of benzene rings is 2. The first kappa shape index (κ1) is 12.1. The van der Waals surface area contributed by atoms with Crippen molar-refractivity contribution in [2.45, 2.75) is 0 Å². The van der Waals surface area contributed by atoms with Crippen molar-refractivity contribution < 1.29 is 14.6 Å². The number of hydrogen-bond acceptors (Lipinski definition) is 4. The Labute approximate surface area is 106 Å². The van der Waals surface area contributed by atoms with Crippen LogP contribution in [-0.2, 0) is 0 Å². The van der Waals surface area contributed by atoms with E-state index in [0.717, 1.165) is 5.56 Å². The molecule has 0 spiro atoms. The molecule has 2 aromatic rings. The first-order chi connectivity index (χ1) is 8.67. The van der Waals surface area contributed by atoms with Gasteiger partial charge in [-0.2, -0.15) is 0 Å². The molecular formula is C14H15NO3. The van der Waals surface area contributed by atoms with Gasteiger partial charge in [-0.3, -0.25) is 0 Å². The predicted octanol–water partition coefficient (Wildman–Crippen LogP) is 2.66. The van der Waals surface area contributed by atoms with E-state index in [2.05, 4.69) is 0 Å². The molecule has 0 radical (unpaired) electrons. The molecular weight excluding hydrogens is 230 g/mol. The zero-order valence-electron chi connectivity index (χ0n) is 10.3. The van der Waals surface area contributed by atoms with E-state index in [1.54, 1.807) is 32.4 Å². The van der Waals surface area contributed by atoms with Gasteiger partial charge in [0, 0.05) is 22.9 Å². The maximum atomic E-state index is 9.95. The summed E-state index contributed by atoms with van der Waals surface area (Å²) in [7, 11) is 3.14. The summed E-state index contributed by atoms with van der Waals surface area (Å²) in [4.78, 5) is 0. The van der Waals surface area contributed by atoms with Crippen molar-refractivity contribution in [3.63, 3.8) is 0 Å². The van der Waals surface area contributed by atoms with Crippen LogP contribution in [-0.4, -0.2) is 19.3 Å². The number of aromatic hydroxyl groups is 1. The van der Waals surface area contributed by atoms with Gasteiger partial charge in [0.2, 0.25) is 0 Å². The Kier molecular flexibility index (Phi) is 3.28. The minimum atomic E-state index is 0.113. The standard InChI is InChI=1S/C14H15NO3/c1-17-13-5-3-4-11(14(13)18-2)10-7-6-9(15)8-12(10)16/h3-8,16H,15H2,1-2H3. The molecule has 0 aliphatic carbocycles. The number of nitrogens with two attached hydrogens (primary N) is 1. The van der Waals surface area contributed by atoms with Gasteiger partial charge >= 0.3 is 0 Å². The second-order valence-corrected chi connectivity index (χ2v) is 3.82. The lowest BCUT2D eigenvalue weighted by molar-refractivity contribution is 0.356. The Morgan fingerprint density at radius 1 is 1.00 bits per heavy atom. The third-order valence-corrected chi connectivity index (χ3v) is 2.71. The Morgan fingerprint density at radius 3 is 2.39 bits per heavy atom. The second-order valence-electron chi connectivity index (χ2n) is 3.82. The van der Waals surface area contributed by atoms with Crippen LogP contribution in [0.25, 0.3) is 11.1 Å². The van der Waals surface area contributed by atoms with Crippen molar-refractivity contribution in [1.82, 2.24) is 0 Å². The summed E-state index contributed by atoms with van der Waals surface area (Å²) in [6, 6.07) is 10.5. The minimum Gasteiger partial charge on any atom is -0.507 e. The summed E-state index contributed by atoms with van der Waals surface area (Å²) >= 11 is 0. The number of para-hydroxylation sites is 1. The molecule has 0 heterocycles. The average Bonchev–Trinajstić information content (AvgIpc) is 2.37. The SMILES string of the molecule is COc1cccc(-c2ccc(N)cc2O)c1OC. The van der Waals surface area contributed by atoms with E-state index in [9.17, 15) is 5.11 Å². The Hall–Kier alpha value is -2.36. The fourth-order valence-electron chi connectivity index (χ4n) is 1.88. The second kappa shape index (κ2) is 4.87. The highest BCUT2D eigenvalue weighted by atomic mass is 16.5. The fourth-order valence-corrected chi connectivity index (χ4v) is 1.88. The normalized spacial score (nSPS) is 10.1.